The predicted molar refractivity (Wildman–Crippen MR) is 178 cm³/mol. The van der Waals surface area contributed by atoms with Gasteiger partial charge in [-0.25, -0.2) is 0 Å². The first-order valence-electron chi connectivity index (χ1n) is 14.2. The van der Waals surface area contributed by atoms with Gasteiger partial charge in [-0.15, -0.1) is 0 Å². The van der Waals surface area contributed by atoms with E-state index in [1.165, 1.54) is 0 Å². The Bertz CT molecular complexity index is 1770. The maximum Gasteiger partial charge on any atom is 0.193 e. The highest BCUT2D eigenvalue weighted by atomic mass is 35.5. The van der Waals surface area contributed by atoms with Gasteiger partial charge in [-0.1, -0.05) is 47.5 Å². The summed E-state index contributed by atoms with van der Waals surface area (Å²) in [6.45, 7) is 0. The van der Waals surface area contributed by atoms with E-state index in [9.17, 15) is 9.59 Å². The summed E-state index contributed by atoms with van der Waals surface area (Å²) in [4.78, 5) is 25.4. The summed E-state index contributed by atoms with van der Waals surface area (Å²) in [6, 6.07) is 43.7. The van der Waals surface area contributed by atoms with E-state index >= 15 is 0 Å². The molecule has 6 aromatic carbocycles. The fourth-order valence-electron chi connectivity index (χ4n) is 4.74. The van der Waals surface area contributed by atoms with Crippen molar-refractivity contribution in [2.75, 3.05) is 0 Å². The Labute approximate surface area is 271 Å². The van der Waals surface area contributed by atoms with Gasteiger partial charge in [0.25, 0.3) is 0 Å². The van der Waals surface area contributed by atoms with E-state index in [1.54, 1.807) is 97.1 Å². The molecular weight excluding hydrogens is 603 g/mol. The number of carbonyl (C=O) groups excluding carboxylic acids is 2. The summed E-state index contributed by atoms with van der Waals surface area (Å²) < 4.78 is 12.0. The van der Waals surface area contributed by atoms with Crippen molar-refractivity contribution in [1.29, 1.82) is 0 Å². The van der Waals surface area contributed by atoms with E-state index in [1.807, 2.05) is 48.5 Å². The molecule has 0 bridgehead atoms. The van der Waals surface area contributed by atoms with Gasteiger partial charge in [0.2, 0.25) is 0 Å². The van der Waals surface area contributed by atoms with Crippen LogP contribution in [0.3, 0.4) is 0 Å². The lowest BCUT2D eigenvalue weighted by molar-refractivity contribution is 0.103. The minimum atomic E-state index is -0.0697. The number of rotatable bonds is 10. The number of hydrogen-bond acceptors (Lipinski definition) is 4. The Morgan fingerprint density at radius 1 is 0.378 bits per heavy atom. The molecule has 45 heavy (non-hydrogen) atoms. The molecule has 0 spiro atoms. The average molecular weight is 630 g/mol. The molecule has 0 saturated heterocycles. The van der Waals surface area contributed by atoms with Crippen LogP contribution in [0.5, 0.6) is 23.0 Å². The zero-order valence-electron chi connectivity index (χ0n) is 24.0. The Hall–Kier alpha value is -5.16. The van der Waals surface area contributed by atoms with Crippen LogP contribution in [0.2, 0.25) is 10.0 Å². The Morgan fingerprint density at radius 3 is 0.911 bits per heavy atom. The SMILES string of the molecule is O=C(c1ccc(Cl)cc1)c1ccc(Oc2ccc(Cc3ccc(Oc4ccc(C(=O)c5ccc(Cl)cc5)cc4)cc3)cc2)cc1. The number of ketones is 2. The highest BCUT2D eigenvalue weighted by molar-refractivity contribution is 6.31. The largest absolute Gasteiger partial charge is 0.457 e. The highest BCUT2D eigenvalue weighted by Gasteiger charge is 2.11. The monoisotopic (exact) mass is 628 g/mol. The minimum Gasteiger partial charge on any atom is -0.457 e. The second kappa shape index (κ2) is 13.6. The maximum atomic E-state index is 12.7. The molecule has 6 rings (SSSR count). The van der Waals surface area contributed by atoms with Crippen LogP contribution in [0.15, 0.2) is 146 Å². The van der Waals surface area contributed by atoms with E-state index < -0.39 is 0 Å². The fraction of sp³-hybridized carbons (Fsp3) is 0.0256. The predicted octanol–water partition coefficient (Wildman–Crippen LogP) is 10.6. The van der Waals surface area contributed by atoms with Gasteiger partial charge in [0.05, 0.1) is 0 Å². The Kier molecular flexibility index (Phi) is 9.06. The quantitative estimate of drug-likeness (QED) is 0.142. The third-order valence-electron chi connectivity index (χ3n) is 7.17. The molecule has 0 heterocycles. The summed E-state index contributed by atoms with van der Waals surface area (Å²) in [7, 11) is 0. The molecular formula is C39H26Cl2O4. The van der Waals surface area contributed by atoms with E-state index in [0.29, 0.717) is 55.3 Å². The number of carbonyl (C=O) groups is 2. The number of hydrogen-bond donors (Lipinski definition) is 0. The molecule has 0 atom stereocenters. The maximum absolute atomic E-state index is 12.7. The van der Waals surface area contributed by atoms with Crippen LogP contribution in [-0.2, 0) is 6.42 Å². The summed E-state index contributed by atoms with van der Waals surface area (Å²) in [6.07, 6.45) is 0.754. The topological polar surface area (TPSA) is 52.6 Å². The van der Waals surface area contributed by atoms with Crippen LogP contribution in [0.4, 0.5) is 0 Å². The minimum absolute atomic E-state index is 0.0697. The zero-order valence-corrected chi connectivity index (χ0v) is 25.5. The summed E-state index contributed by atoms with van der Waals surface area (Å²) in [5, 5.41) is 1.19. The first kappa shape index (κ1) is 29.9. The zero-order chi connectivity index (χ0) is 31.2. The van der Waals surface area contributed by atoms with Gasteiger partial charge < -0.3 is 9.47 Å². The summed E-state index contributed by atoms with van der Waals surface area (Å²) >= 11 is 11.9. The summed E-state index contributed by atoms with van der Waals surface area (Å²) in [5.41, 5.74) is 4.61. The van der Waals surface area contributed by atoms with Gasteiger partial charge in [-0.3, -0.25) is 9.59 Å². The molecule has 220 valence electrons. The van der Waals surface area contributed by atoms with Crippen molar-refractivity contribution in [3.05, 3.63) is 189 Å². The van der Waals surface area contributed by atoms with Crippen molar-refractivity contribution in [2.24, 2.45) is 0 Å². The smallest absolute Gasteiger partial charge is 0.193 e. The second-order valence-corrected chi connectivity index (χ2v) is 11.3. The van der Waals surface area contributed by atoms with Crippen LogP contribution >= 0.6 is 23.2 Å². The number of benzene rings is 6. The molecule has 0 aliphatic heterocycles. The van der Waals surface area contributed by atoms with Crippen molar-refractivity contribution < 1.29 is 19.1 Å². The van der Waals surface area contributed by atoms with Crippen LogP contribution in [-0.4, -0.2) is 11.6 Å². The van der Waals surface area contributed by atoms with E-state index in [-0.39, 0.29) is 11.6 Å². The van der Waals surface area contributed by atoms with Crippen LogP contribution in [0, 0.1) is 0 Å². The van der Waals surface area contributed by atoms with E-state index in [4.69, 9.17) is 32.7 Å². The van der Waals surface area contributed by atoms with Crippen molar-refractivity contribution in [2.45, 2.75) is 6.42 Å². The Morgan fingerprint density at radius 2 is 0.622 bits per heavy atom. The molecule has 0 fully saturated rings. The molecule has 0 saturated carbocycles. The van der Waals surface area contributed by atoms with Gasteiger partial charge in [0.15, 0.2) is 11.6 Å². The first-order chi connectivity index (χ1) is 21.9. The van der Waals surface area contributed by atoms with Gasteiger partial charge in [-0.2, -0.15) is 0 Å². The van der Waals surface area contributed by atoms with E-state index in [0.717, 1.165) is 17.5 Å². The fourth-order valence-corrected chi connectivity index (χ4v) is 5.00. The molecule has 0 aromatic heterocycles. The lowest BCUT2D eigenvalue weighted by Crippen LogP contribution is -2.00. The van der Waals surface area contributed by atoms with Crippen LogP contribution < -0.4 is 9.47 Å². The first-order valence-corrected chi connectivity index (χ1v) is 15.0. The molecule has 0 radical (unpaired) electrons. The second-order valence-electron chi connectivity index (χ2n) is 10.4. The third-order valence-corrected chi connectivity index (χ3v) is 7.68. The van der Waals surface area contributed by atoms with Gasteiger partial charge in [0.1, 0.15) is 23.0 Å². The molecule has 0 N–H and O–H groups in total. The lowest BCUT2D eigenvalue weighted by atomic mass is 10.0. The van der Waals surface area contributed by atoms with Crippen molar-refractivity contribution >= 4 is 34.8 Å². The standard InChI is InChI=1S/C39H26Cl2O4/c40-32-13-5-28(6-14-32)38(42)30-9-21-36(22-10-30)44-34-17-1-26(2-18-34)25-27-3-19-35(20-4-27)45-37-23-11-31(12-24-37)39(43)29-7-15-33(41)16-8-29/h1-24H,25H2. The molecule has 6 aromatic rings. The third kappa shape index (κ3) is 7.68. The molecule has 4 nitrogen and oxygen atoms in total. The van der Waals surface area contributed by atoms with Gasteiger partial charge in [-0.05, 0) is 139 Å². The average Bonchev–Trinajstić information content (AvgIpc) is 3.07. The van der Waals surface area contributed by atoms with Crippen molar-refractivity contribution in [1.82, 2.24) is 0 Å². The molecule has 0 amide bonds. The van der Waals surface area contributed by atoms with Crippen molar-refractivity contribution in [3.63, 3.8) is 0 Å². The molecule has 6 heteroatoms. The lowest BCUT2D eigenvalue weighted by Gasteiger charge is -2.09. The number of ether oxygens (including phenoxy) is 2. The van der Waals surface area contributed by atoms with Crippen LogP contribution in [0.1, 0.15) is 43.0 Å². The van der Waals surface area contributed by atoms with Crippen molar-refractivity contribution in [3.8, 4) is 23.0 Å². The van der Waals surface area contributed by atoms with Gasteiger partial charge in [0, 0.05) is 32.3 Å². The summed E-state index contributed by atoms with van der Waals surface area (Å²) in [5.74, 6) is 2.57. The normalized spacial score (nSPS) is 10.7. The number of halogens is 2. The molecule has 0 aliphatic carbocycles. The van der Waals surface area contributed by atoms with Gasteiger partial charge >= 0.3 is 0 Å². The van der Waals surface area contributed by atoms with E-state index in [2.05, 4.69) is 0 Å². The molecule has 0 aliphatic rings. The van der Waals surface area contributed by atoms with Crippen LogP contribution in [0.25, 0.3) is 0 Å². The highest BCUT2D eigenvalue weighted by Crippen LogP contribution is 2.26. The Balaban J connectivity index is 1.01. The molecule has 0 unspecified atom stereocenters.